The van der Waals surface area contributed by atoms with Gasteiger partial charge in [-0.15, -0.1) is 11.3 Å². The highest BCUT2D eigenvalue weighted by molar-refractivity contribution is 7.14. The molecule has 2 N–H and O–H groups in total. The molecule has 110 valence electrons. The van der Waals surface area contributed by atoms with Gasteiger partial charge in [-0.25, -0.2) is 0 Å². The van der Waals surface area contributed by atoms with Crippen molar-refractivity contribution in [1.82, 2.24) is 5.32 Å². The Morgan fingerprint density at radius 2 is 1.95 bits per heavy atom. The number of anilines is 1. The number of aryl methyl sites for hydroxylation is 2. The number of amides is 1. The fourth-order valence-electron chi connectivity index (χ4n) is 2.71. The van der Waals surface area contributed by atoms with Crippen LogP contribution in [0.4, 0.5) is 5.69 Å². The fraction of sp³-hybridized carbons (Fsp3) is 0.353. The summed E-state index contributed by atoms with van der Waals surface area (Å²) in [7, 11) is 1.92. The van der Waals surface area contributed by atoms with Gasteiger partial charge in [0.1, 0.15) is 0 Å². The first-order chi connectivity index (χ1) is 10.3. The lowest BCUT2D eigenvalue weighted by molar-refractivity contribution is 0.103. The Morgan fingerprint density at radius 1 is 1.19 bits per heavy atom. The number of thiophene rings is 1. The van der Waals surface area contributed by atoms with Gasteiger partial charge in [0.05, 0.1) is 4.88 Å². The molecule has 0 fully saturated rings. The predicted octanol–water partition coefficient (Wildman–Crippen LogP) is 3.60. The lowest BCUT2D eigenvalue weighted by Crippen LogP contribution is -2.10. The van der Waals surface area contributed by atoms with E-state index >= 15 is 0 Å². The van der Waals surface area contributed by atoms with Crippen molar-refractivity contribution in [3.63, 3.8) is 0 Å². The highest BCUT2D eigenvalue weighted by atomic mass is 32.1. The monoisotopic (exact) mass is 300 g/mol. The molecule has 1 aromatic carbocycles. The molecule has 0 atom stereocenters. The molecule has 1 aliphatic rings. The molecule has 4 heteroatoms. The molecule has 0 radical (unpaired) electrons. The van der Waals surface area contributed by atoms with E-state index in [-0.39, 0.29) is 5.91 Å². The van der Waals surface area contributed by atoms with Gasteiger partial charge >= 0.3 is 0 Å². The molecular weight excluding hydrogens is 280 g/mol. The number of hydrogen-bond donors (Lipinski definition) is 2. The quantitative estimate of drug-likeness (QED) is 0.906. The van der Waals surface area contributed by atoms with Gasteiger partial charge in [0.2, 0.25) is 0 Å². The summed E-state index contributed by atoms with van der Waals surface area (Å²) >= 11 is 1.65. The number of carbonyl (C=O) groups excluding carboxylic acids is 1. The van der Waals surface area contributed by atoms with E-state index in [1.807, 2.05) is 31.3 Å². The highest BCUT2D eigenvalue weighted by Crippen LogP contribution is 2.30. The van der Waals surface area contributed by atoms with E-state index in [4.69, 9.17) is 0 Å². The second-order valence-electron chi connectivity index (χ2n) is 5.45. The molecule has 0 unspecified atom stereocenters. The molecule has 21 heavy (non-hydrogen) atoms. The lowest BCUT2D eigenvalue weighted by atomic mass is 9.99. The van der Waals surface area contributed by atoms with Crippen molar-refractivity contribution in [3.05, 3.63) is 51.2 Å². The van der Waals surface area contributed by atoms with Crippen LogP contribution in [0.25, 0.3) is 0 Å². The summed E-state index contributed by atoms with van der Waals surface area (Å²) in [6, 6.07) is 10.1. The summed E-state index contributed by atoms with van der Waals surface area (Å²) < 4.78 is 0. The zero-order chi connectivity index (χ0) is 14.7. The van der Waals surface area contributed by atoms with Crippen LogP contribution in [0.3, 0.4) is 0 Å². The van der Waals surface area contributed by atoms with Crippen LogP contribution in [0, 0.1) is 0 Å². The number of fused-ring (bicyclic) bond motifs is 1. The van der Waals surface area contributed by atoms with E-state index < -0.39 is 0 Å². The lowest BCUT2D eigenvalue weighted by Gasteiger charge is -2.08. The molecule has 1 amide bonds. The fourth-order valence-corrected chi connectivity index (χ4v) is 3.85. The van der Waals surface area contributed by atoms with E-state index in [1.54, 1.807) is 11.3 Å². The van der Waals surface area contributed by atoms with Crippen molar-refractivity contribution in [3.8, 4) is 0 Å². The zero-order valence-electron chi connectivity index (χ0n) is 12.2. The third kappa shape index (κ3) is 3.34. The minimum absolute atomic E-state index is 0.00997. The van der Waals surface area contributed by atoms with E-state index in [9.17, 15) is 4.79 Å². The Labute approximate surface area is 129 Å². The number of benzene rings is 1. The van der Waals surface area contributed by atoms with Crippen LogP contribution >= 0.6 is 11.3 Å². The summed E-state index contributed by atoms with van der Waals surface area (Å²) in [4.78, 5) is 14.6. The van der Waals surface area contributed by atoms with Gasteiger partial charge in [0.15, 0.2) is 0 Å². The van der Waals surface area contributed by atoms with Crippen LogP contribution in [-0.2, 0) is 19.4 Å². The van der Waals surface area contributed by atoms with Crippen LogP contribution in [0.15, 0.2) is 30.3 Å². The summed E-state index contributed by atoms with van der Waals surface area (Å²) in [5.74, 6) is 0.00997. The molecule has 3 nitrogen and oxygen atoms in total. The Bertz CT molecular complexity index is 607. The summed E-state index contributed by atoms with van der Waals surface area (Å²) in [5, 5.41) is 6.10. The smallest absolute Gasteiger partial charge is 0.265 e. The molecule has 0 saturated heterocycles. The van der Waals surface area contributed by atoms with Crippen LogP contribution in [0.1, 0.15) is 38.5 Å². The maximum Gasteiger partial charge on any atom is 0.265 e. The molecule has 1 heterocycles. The Balaban J connectivity index is 1.69. The Kier molecular flexibility index (Phi) is 4.36. The summed E-state index contributed by atoms with van der Waals surface area (Å²) in [5.41, 5.74) is 3.44. The number of rotatable bonds is 4. The van der Waals surface area contributed by atoms with Crippen LogP contribution in [-0.4, -0.2) is 13.0 Å². The van der Waals surface area contributed by atoms with Crippen molar-refractivity contribution in [1.29, 1.82) is 0 Å². The van der Waals surface area contributed by atoms with Crippen LogP contribution in [0.5, 0.6) is 0 Å². The normalized spacial score (nSPS) is 13.8. The molecule has 3 rings (SSSR count). The van der Waals surface area contributed by atoms with Gasteiger partial charge < -0.3 is 10.6 Å². The third-order valence-electron chi connectivity index (χ3n) is 3.81. The first kappa shape index (κ1) is 14.3. The third-order valence-corrected chi connectivity index (χ3v) is 5.05. The van der Waals surface area contributed by atoms with Crippen molar-refractivity contribution in [2.45, 2.75) is 32.2 Å². The van der Waals surface area contributed by atoms with Gasteiger partial charge in [0, 0.05) is 17.1 Å². The Hall–Kier alpha value is -1.65. The number of nitrogens with one attached hydrogen (secondary N) is 2. The molecule has 0 bridgehead atoms. The number of carbonyl (C=O) groups is 1. The van der Waals surface area contributed by atoms with Gasteiger partial charge in [-0.1, -0.05) is 12.1 Å². The van der Waals surface area contributed by atoms with E-state index in [2.05, 4.69) is 16.7 Å². The largest absolute Gasteiger partial charge is 0.321 e. The maximum absolute atomic E-state index is 12.3. The van der Waals surface area contributed by atoms with E-state index in [1.165, 1.54) is 28.8 Å². The molecule has 1 aliphatic carbocycles. The molecular formula is C17H20N2OS. The molecule has 2 aromatic rings. The second kappa shape index (κ2) is 6.41. The standard InChI is InChI=1S/C17H20N2OS/c1-18-11-12-6-8-14(9-7-12)19-17(20)16-10-13-4-2-3-5-15(13)21-16/h6-10,18H,2-5,11H2,1H3,(H,19,20). The van der Waals surface area contributed by atoms with Crippen molar-refractivity contribution in [2.75, 3.05) is 12.4 Å². The molecule has 1 aromatic heterocycles. The van der Waals surface area contributed by atoms with E-state index in [0.717, 1.165) is 30.0 Å². The van der Waals surface area contributed by atoms with Crippen molar-refractivity contribution < 1.29 is 4.79 Å². The minimum atomic E-state index is 0.00997. The zero-order valence-corrected chi connectivity index (χ0v) is 13.1. The second-order valence-corrected chi connectivity index (χ2v) is 6.58. The molecule has 0 aliphatic heterocycles. The van der Waals surface area contributed by atoms with Crippen LogP contribution in [0.2, 0.25) is 0 Å². The van der Waals surface area contributed by atoms with Gasteiger partial charge in [0.25, 0.3) is 5.91 Å². The van der Waals surface area contributed by atoms with Gasteiger partial charge in [-0.2, -0.15) is 0 Å². The average molecular weight is 300 g/mol. The van der Waals surface area contributed by atoms with Gasteiger partial charge in [-0.05, 0) is 62.1 Å². The number of hydrogen-bond acceptors (Lipinski definition) is 3. The summed E-state index contributed by atoms with van der Waals surface area (Å²) in [6.45, 7) is 0.839. The molecule has 0 spiro atoms. The maximum atomic E-state index is 12.3. The predicted molar refractivity (Wildman–Crippen MR) is 88.1 cm³/mol. The SMILES string of the molecule is CNCc1ccc(NC(=O)c2cc3c(s2)CCCC3)cc1. The van der Waals surface area contributed by atoms with E-state index in [0.29, 0.717) is 0 Å². The minimum Gasteiger partial charge on any atom is -0.321 e. The van der Waals surface area contributed by atoms with Crippen LogP contribution < -0.4 is 10.6 Å². The van der Waals surface area contributed by atoms with Gasteiger partial charge in [-0.3, -0.25) is 4.79 Å². The van der Waals surface area contributed by atoms with Crippen molar-refractivity contribution in [2.24, 2.45) is 0 Å². The topological polar surface area (TPSA) is 41.1 Å². The molecule has 0 saturated carbocycles. The first-order valence-electron chi connectivity index (χ1n) is 7.43. The summed E-state index contributed by atoms with van der Waals surface area (Å²) in [6.07, 6.45) is 4.75. The Morgan fingerprint density at radius 3 is 2.67 bits per heavy atom. The van der Waals surface area contributed by atoms with Crippen molar-refractivity contribution >= 4 is 22.9 Å². The average Bonchev–Trinajstić information content (AvgIpc) is 2.94. The first-order valence-corrected chi connectivity index (χ1v) is 8.24. The highest BCUT2D eigenvalue weighted by Gasteiger charge is 2.17.